The van der Waals surface area contributed by atoms with E-state index in [2.05, 4.69) is 0 Å². The highest BCUT2D eigenvalue weighted by molar-refractivity contribution is 7.89. The summed E-state index contributed by atoms with van der Waals surface area (Å²) in [7, 11) is -3.89. The van der Waals surface area contributed by atoms with Crippen LogP contribution in [0.25, 0.3) is 0 Å². The molecule has 0 aliphatic rings. The van der Waals surface area contributed by atoms with Crippen LogP contribution in [0.2, 0.25) is 0 Å². The Hall–Kier alpha value is -1.12. The zero-order chi connectivity index (χ0) is 15.4. The van der Waals surface area contributed by atoms with Crippen LogP contribution in [-0.4, -0.2) is 38.1 Å². The summed E-state index contributed by atoms with van der Waals surface area (Å²) in [5, 5.41) is 8.75. The monoisotopic (exact) mass is 311 g/mol. The van der Waals surface area contributed by atoms with E-state index in [1.807, 2.05) is 0 Å². The fourth-order valence-electron chi connectivity index (χ4n) is 1.59. The van der Waals surface area contributed by atoms with E-state index >= 15 is 0 Å². The highest BCUT2D eigenvalue weighted by atomic mass is 32.2. The van der Waals surface area contributed by atoms with Gasteiger partial charge in [0.05, 0.1) is 5.75 Å². The van der Waals surface area contributed by atoms with E-state index in [0.717, 1.165) is 5.56 Å². The number of hydrogen-bond donors (Lipinski definition) is 2. The van der Waals surface area contributed by atoms with Crippen LogP contribution in [0.1, 0.15) is 18.4 Å². The Morgan fingerprint density at radius 3 is 2.30 bits per heavy atom. The first kappa shape index (κ1) is 16.9. The minimum atomic E-state index is -4.84. The number of aliphatic hydroxyl groups excluding tert-OH is 1. The van der Waals surface area contributed by atoms with Crippen molar-refractivity contribution in [3.63, 3.8) is 0 Å². The van der Waals surface area contributed by atoms with E-state index < -0.39 is 28.8 Å². The summed E-state index contributed by atoms with van der Waals surface area (Å²) in [6, 6.07) is 8.76. The number of alkyl halides is 3. The lowest BCUT2D eigenvalue weighted by atomic mass is 10.0. The Kier molecular flexibility index (Phi) is 5.55. The van der Waals surface area contributed by atoms with Gasteiger partial charge >= 0.3 is 6.18 Å². The van der Waals surface area contributed by atoms with Crippen molar-refractivity contribution < 1.29 is 26.7 Å². The first-order chi connectivity index (χ1) is 9.12. The molecule has 0 radical (unpaired) electrons. The summed E-state index contributed by atoms with van der Waals surface area (Å²) in [6.45, 7) is 0.585. The van der Waals surface area contributed by atoms with Gasteiger partial charge in [0.15, 0.2) is 6.10 Å². The number of halogens is 3. The zero-order valence-electron chi connectivity index (χ0n) is 10.8. The molecule has 0 spiro atoms. The van der Waals surface area contributed by atoms with Crippen molar-refractivity contribution in [2.24, 2.45) is 0 Å². The zero-order valence-corrected chi connectivity index (χ0v) is 11.6. The molecule has 2 unspecified atom stereocenters. The van der Waals surface area contributed by atoms with E-state index in [9.17, 15) is 21.6 Å². The average molecular weight is 311 g/mol. The lowest BCUT2D eigenvalue weighted by Crippen LogP contribution is -2.41. The van der Waals surface area contributed by atoms with Crippen molar-refractivity contribution >= 4 is 10.0 Å². The fourth-order valence-corrected chi connectivity index (χ4v) is 2.97. The molecule has 0 aromatic heterocycles. The van der Waals surface area contributed by atoms with Gasteiger partial charge in [-0.2, -0.15) is 13.2 Å². The summed E-state index contributed by atoms with van der Waals surface area (Å²) in [6.07, 6.45) is -7.54. The van der Waals surface area contributed by atoms with Gasteiger partial charge in [-0.15, -0.1) is 0 Å². The molecule has 0 saturated heterocycles. The van der Waals surface area contributed by atoms with Gasteiger partial charge in [-0.25, -0.2) is 13.1 Å². The Bertz CT molecular complexity index is 516. The highest BCUT2D eigenvalue weighted by Gasteiger charge is 2.38. The second-order valence-electron chi connectivity index (χ2n) is 4.50. The molecule has 0 aliphatic heterocycles. The SMILES string of the molecule is CC(CS(=O)(=O)NCC(O)C(F)(F)F)c1ccccc1. The van der Waals surface area contributed by atoms with Crippen LogP contribution in [0.5, 0.6) is 0 Å². The van der Waals surface area contributed by atoms with Gasteiger partial charge in [0.2, 0.25) is 10.0 Å². The third-order valence-electron chi connectivity index (χ3n) is 2.71. The Balaban J connectivity index is 2.58. The molecule has 0 amide bonds. The van der Waals surface area contributed by atoms with Crippen molar-refractivity contribution in [3.05, 3.63) is 35.9 Å². The van der Waals surface area contributed by atoms with Crippen molar-refractivity contribution in [2.75, 3.05) is 12.3 Å². The van der Waals surface area contributed by atoms with Crippen molar-refractivity contribution in [2.45, 2.75) is 25.1 Å². The van der Waals surface area contributed by atoms with Gasteiger partial charge in [0, 0.05) is 6.54 Å². The third-order valence-corrected chi connectivity index (χ3v) is 4.26. The van der Waals surface area contributed by atoms with Crippen molar-refractivity contribution in [1.82, 2.24) is 4.72 Å². The normalized spacial score (nSPS) is 15.8. The van der Waals surface area contributed by atoms with E-state index in [1.165, 1.54) is 0 Å². The van der Waals surface area contributed by atoms with Gasteiger partial charge in [-0.05, 0) is 11.5 Å². The van der Waals surface area contributed by atoms with E-state index in [4.69, 9.17) is 5.11 Å². The van der Waals surface area contributed by atoms with Crippen LogP contribution in [0, 0.1) is 0 Å². The number of nitrogens with one attached hydrogen (secondary N) is 1. The van der Waals surface area contributed by atoms with Gasteiger partial charge in [0.25, 0.3) is 0 Å². The smallest absolute Gasteiger partial charge is 0.382 e. The minimum Gasteiger partial charge on any atom is -0.382 e. The summed E-state index contributed by atoms with van der Waals surface area (Å²) < 4.78 is 61.3. The van der Waals surface area contributed by atoms with Gasteiger partial charge in [-0.3, -0.25) is 0 Å². The van der Waals surface area contributed by atoms with E-state index in [1.54, 1.807) is 42.0 Å². The molecule has 2 N–H and O–H groups in total. The number of aliphatic hydroxyl groups is 1. The molecule has 1 rings (SSSR count). The molecule has 8 heteroatoms. The third kappa shape index (κ3) is 5.48. The minimum absolute atomic E-state index is 0.346. The van der Waals surface area contributed by atoms with Crippen LogP contribution in [0.3, 0.4) is 0 Å². The maximum atomic E-state index is 12.1. The molecule has 20 heavy (non-hydrogen) atoms. The first-order valence-electron chi connectivity index (χ1n) is 5.89. The molecule has 2 atom stereocenters. The Morgan fingerprint density at radius 2 is 1.80 bits per heavy atom. The Labute approximate surface area is 115 Å². The quantitative estimate of drug-likeness (QED) is 0.839. The predicted octanol–water partition coefficient (Wildman–Crippen LogP) is 1.63. The Morgan fingerprint density at radius 1 is 1.25 bits per heavy atom. The molecule has 4 nitrogen and oxygen atoms in total. The number of sulfonamides is 1. The van der Waals surface area contributed by atoms with Crippen LogP contribution in [0.15, 0.2) is 30.3 Å². The van der Waals surface area contributed by atoms with E-state index in [0.29, 0.717) is 0 Å². The largest absolute Gasteiger partial charge is 0.415 e. The second-order valence-corrected chi connectivity index (χ2v) is 6.35. The van der Waals surface area contributed by atoms with Crippen LogP contribution < -0.4 is 4.72 Å². The number of hydrogen-bond acceptors (Lipinski definition) is 3. The predicted molar refractivity (Wildman–Crippen MR) is 68.7 cm³/mol. The topological polar surface area (TPSA) is 66.4 Å². The van der Waals surface area contributed by atoms with Crippen molar-refractivity contribution in [3.8, 4) is 0 Å². The molecule has 0 bridgehead atoms. The maximum Gasteiger partial charge on any atom is 0.415 e. The van der Waals surface area contributed by atoms with Gasteiger partial charge in [-0.1, -0.05) is 37.3 Å². The molecular weight excluding hydrogens is 295 g/mol. The highest BCUT2D eigenvalue weighted by Crippen LogP contribution is 2.20. The standard InChI is InChI=1S/C12H16F3NO3S/c1-9(10-5-3-2-4-6-10)8-20(18,19)16-7-11(17)12(13,14)15/h2-6,9,11,16-17H,7-8H2,1H3. The lowest BCUT2D eigenvalue weighted by Gasteiger charge is -2.17. The molecule has 0 heterocycles. The summed E-state index contributed by atoms with van der Waals surface area (Å²) in [5.74, 6) is -0.710. The average Bonchev–Trinajstić information content (AvgIpc) is 2.35. The van der Waals surface area contributed by atoms with Crippen LogP contribution in [0.4, 0.5) is 13.2 Å². The van der Waals surface area contributed by atoms with E-state index in [-0.39, 0.29) is 11.7 Å². The summed E-state index contributed by atoms with van der Waals surface area (Å²) in [4.78, 5) is 0. The number of rotatable bonds is 6. The van der Waals surface area contributed by atoms with Crippen LogP contribution in [-0.2, 0) is 10.0 Å². The van der Waals surface area contributed by atoms with Crippen molar-refractivity contribution in [1.29, 1.82) is 0 Å². The molecule has 0 fully saturated rings. The molecule has 0 aliphatic carbocycles. The van der Waals surface area contributed by atoms with Gasteiger partial charge in [0.1, 0.15) is 0 Å². The van der Waals surface area contributed by atoms with Crippen LogP contribution >= 0.6 is 0 Å². The summed E-state index contributed by atoms with van der Waals surface area (Å²) >= 11 is 0. The fraction of sp³-hybridized carbons (Fsp3) is 0.500. The molecule has 114 valence electrons. The molecular formula is C12H16F3NO3S. The van der Waals surface area contributed by atoms with Gasteiger partial charge < -0.3 is 5.11 Å². The first-order valence-corrected chi connectivity index (χ1v) is 7.54. The lowest BCUT2D eigenvalue weighted by molar-refractivity contribution is -0.200. The molecule has 1 aromatic rings. The second kappa shape index (κ2) is 6.55. The summed E-state index contributed by atoms with van der Waals surface area (Å²) in [5.41, 5.74) is 0.772. The number of benzene rings is 1. The molecule has 1 aromatic carbocycles. The molecule has 0 saturated carbocycles. The maximum absolute atomic E-state index is 12.1.